The van der Waals surface area contributed by atoms with E-state index in [1.165, 1.54) is 0 Å². The Labute approximate surface area is 128 Å². The van der Waals surface area contributed by atoms with Crippen LogP contribution in [0, 0.1) is 0 Å². The standard InChI is InChI=1S/C16H16ClN3O/c17-11-6-7-12-15(10-11)20(9-3-8-18)14-5-2-1-4-13(14)19-16(12)21/h1-2,4-7,10H,3,8-9,18H2,(H,19,21). The molecule has 0 atom stereocenters. The molecule has 2 aromatic carbocycles. The Kier molecular flexibility index (Phi) is 3.82. The van der Waals surface area contributed by atoms with Gasteiger partial charge in [0.25, 0.3) is 5.91 Å². The Hall–Kier alpha value is -2.04. The third-order valence-corrected chi connectivity index (χ3v) is 3.76. The van der Waals surface area contributed by atoms with Crippen molar-refractivity contribution < 1.29 is 4.79 Å². The normalized spacial score (nSPS) is 13.2. The molecule has 3 N–H and O–H groups in total. The highest BCUT2D eigenvalue weighted by molar-refractivity contribution is 6.31. The molecule has 0 aliphatic carbocycles. The summed E-state index contributed by atoms with van der Waals surface area (Å²) in [6.45, 7) is 1.33. The lowest BCUT2D eigenvalue weighted by Gasteiger charge is -2.26. The number of nitrogens with zero attached hydrogens (tertiary/aromatic N) is 1. The summed E-state index contributed by atoms with van der Waals surface area (Å²) in [5.41, 5.74) is 8.84. The molecule has 0 unspecified atom stereocenters. The van der Waals surface area contributed by atoms with Gasteiger partial charge in [-0.25, -0.2) is 0 Å². The second kappa shape index (κ2) is 5.76. The first-order valence-corrected chi connectivity index (χ1v) is 7.26. The van der Waals surface area contributed by atoms with Crippen LogP contribution in [0.2, 0.25) is 5.02 Å². The zero-order valence-electron chi connectivity index (χ0n) is 11.5. The molecule has 2 aromatic rings. The topological polar surface area (TPSA) is 58.4 Å². The molecule has 0 saturated carbocycles. The predicted octanol–water partition coefficient (Wildman–Crippen LogP) is 3.39. The summed E-state index contributed by atoms with van der Waals surface area (Å²) in [4.78, 5) is 14.5. The van der Waals surface area contributed by atoms with Crippen LogP contribution in [0.4, 0.5) is 17.1 Å². The average molecular weight is 302 g/mol. The van der Waals surface area contributed by atoms with Gasteiger partial charge < -0.3 is 16.0 Å². The Morgan fingerprint density at radius 3 is 2.76 bits per heavy atom. The van der Waals surface area contributed by atoms with Crippen molar-refractivity contribution in [2.75, 3.05) is 23.3 Å². The molecule has 1 aliphatic heterocycles. The van der Waals surface area contributed by atoms with E-state index < -0.39 is 0 Å². The van der Waals surface area contributed by atoms with E-state index in [1.807, 2.05) is 30.3 Å². The van der Waals surface area contributed by atoms with Crippen LogP contribution in [0.3, 0.4) is 0 Å². The van der Waals surface area contributed by atoms with Crippen LogP contribution in [-0.4, -0.2) is 19.0 Å². The van der Waals surface area contributed by atoms with Gasteiger partial charge in [0.15, 0.2) is 0 Å². The molecule has 0 saturated heterocycles. The highest BCUT2D eigenvalue weighted by atomic mass is 35.5. The summed E-state index contributed by atoms with van der Waals surface area (Å²) in [7, 11) is 0. The van der Waals surface area contributed by atoms with Crippen LogP contribution in [0.25, 0.3) is 0 Å². The minimum absolute atomic E-state index is 0.121. The molecular weight excluding hydrogens is 286 g/mol. The molecule has 0 aromatic heterocycles. The Balaban J connectivity index is 2.18. The lowest BCUT2D eigenvalue weighted by Crippen LogP contribution is -2.21. The number of anilines is 3. The lowest BCUT2D eigenvalue weighted by atomic mass is 10.1. The molecule has 0 radical (unpaired) electrons. The van der Waals surface area contributed by atoms with Crippen LogP contribution >= 0.6 is 11.6 Å². The number of nitrogens with two attached hydrogens (primary N) is 1. The number of amides is 1. The number of hydrogen-bond acceptors (Lipinski definition) is 3. The van der Waals surface area contributed by atoms with Crippen LogP contribution in [0.5, 0.6) is 0 Å². The van der Waals surface area contributed by atoms with Gasteiger partial charge in [-0.3, -0.25) is 4.79 Å². The number of rotatable bonds is 3. The number of nitrogens with one attached hydrogen (secondary N) is 1. The number of carbonyl (C=O) groups excluding carboxylic acids is 1. The molecule has 0 spiro atoms. The van der Waals surface area contributed by atoms with E-state index in [0.29, 0.717) is 17.1 Å². The van der Waals surface area contributed by atoms with Gasteiger partial charge in [-0.1, -0.05) is 23.7 Å². The van der Waals surface area contributed by atoms with E-state index in [1.54, 1.807) is 12.1 Å². The molecule has 1 heterocycles. The van der Waals surface area contributed by atoms with Crippen molar-refractivity contribution in [2.24, 2.45) is 5.73 Å². The van der Waals surface area contributed by atoms with Gasteiger partial charge in [0, 0.05) is 11.6 Å². The fraction of sp³-hybridized carbons (Fsp3) is 0.188. The maximum absolute atomic E-state index is 12.4. The predicted molar refractivity (Wildman–Crippen MR) is 86.5 cm³/mol. The molecule has 4 nitrogen and oxygen atoms in total. The summed E-state index contributed by atoms with van der Waals surface area (Å²) in [5, 5.41) is 3.56. The number of fused-ring (bicyclic) bond motifs is 2. The third kappa shape index (κ3) is 2.60. The molecule has 1 amide bonds. The molecule has 5 heteroatoms. The second-order valence-corrected chi connectivity index (χ2v) is 5.36. The van der Waals surface area contributed by atoms with Crippen LogP contribution in [0.15, 0.2) is 42.5 Å². The van der Waals surface area contributed by atoms with Gasteiger partial charge in [-0.2, -0.15) is 0 Å². The van der Waals surface area contributed by atoms with E-state index in [4.69, 9.17) is 17.3 Å². The molecule has 21 heavy (non-hydrogen) atoms. The Morgan fingerprint density at radius 2 is 1.95 bits per heavy atom. The van der Waals surface area contributed by atoms with Crippen LogP contribution in [0.1, 0.15) is 16.8 Å². The number of carbonyl (C=O) groups is 1. The second-order valence-electron chi connectivity index (χ2n) is 4.93. The lowest BCUT2D eigenvalue weighted by molar-refractivity contribution is 0.102. The van der Waals surface area contributed by atoms with Crippen molar-refractivity contribution in [3.05, 3.63) is 53.1 Å². The molecular formula is C16H16ClN3O. The largest absolute Gasteiger partial charge is 0.339 e. The van der Waals surface area contributed by atoms with Gasteiger partial charge in [0.1, 0.15) is 0 Å². The average Bonchev–Trinajstić information content (AvgIpc) is 2.59. The van der Waals surface area contributed by atoms with Crippen molar-refractivity contribution in [3.8, 4) is 0 Å². The van der Waals surface area contributed by atoms with Gasteiger partial charge in [0.05, 0.1) is 22.6 Å². The minimum Gasteiger partial charge on any atom is -0.339 e. The first-order chi connectivity index (χ1) is 10.2. The summed E-state index contributed by atoms with van der Waals surface area (Å²) in [6.07, 6.45) is 0.828. The van der Waals surface area contributed by atoms with E-state index in [2.05, 4.69) is 10.2 Å². The monoisotopic (exact) mass is 301 g/mol. The summed E-state index contributed by atoms with van der Waals surface area (Å²) in [5.74, 6) is -0.121. The van der Waals surface area contributed by atoms with Crippen molar-refractivity contribution >= 4 is 34.6 Å². The van der Waals surface area contributed by atoms with Crippen LogP contribution in [-0.2, 0) is 0 Å². The quantitative estimate of drug-likeness (QED) is 0.913. The molecule has 108 valence electrons. The van der Waals surface area contributed by atoms with Gasteiger partial charge in [0.2, 0.25) is 0 Å². The molecule has 3 rings (SSSR count). The highest BCUT2D eigenvalue weighted by Gasteiger charge is 2.24. The van der Waals surface area contributed by atoms with Crippen molar-refractivity contribution in [3.63, 3.8) is 0 Å². The third-order valence-electron chi connectivity index (χ3n) is 3.52. The number of halogens is 1. The number of benzene rings is 2. The Bertz CT molecular complexity index is 687. The first kappa shape index (κ1) is 13.9. The zero-order valence-corrected chi connectivity index (χ0v) is 12.2. The van der Waals surface area contributed by atoms with Crippen LogP contribution < -0.4 is 16.0 Å². The van der Waals surface area contributed by atoms with E-state index >= 15 is 0 Å². The summed E-state index contributed by atoms with van der Waals surface area (Å²) >= 11 is 6.12. The van der Waals surface area contributed by atoms with Gasteiger partial charge in [-0.05, 0) is 43.3 Å². The molecule has 0 fully saturated rings. The molecule has 0 bridgehead atoms. The van der Waals surface area contributed by atoms with E-state index in [-0.39, 0.29) is 5.91 Å². The fourth-order valence-electron chi connectivity index (χ4n) is 2.54. The number of para-hydroxylation sites is 2. The van der Waals surface area contributed by atoms with Gasteiger partial charge in [-0.15, -0.1) is 0 Å². The smallest absolute Gasteiger partial charge is 0.257 e. The minimum atomic E-state index is -0.121. The Morgan fingerprint density at radius 1 is 1.14 bits per heavy atom. The first-order valence-electron chi connectivity index (χ1n) is 6.88. The summed E-state index contributed by atoms with van der Waals surface area (Å²) in [6, 6.07) is 13.1. The van der Waals surface area contributed by atoms with Crippen molar-refractivity contribution in [1.82, 2.24) is 0 Å². The van der Waals surface area contributed by atoms with Crippen molar-refractivity contribution in [2.45, 2.75) is 6.42 Å². The summed E-state index contributed by atoms with van der Waals surface area (Å²) < 4.78 is 0. The maximum Gasteiger partial charge on any atom is 0.257 e. The SMILES string of the molecule is NCCCN1c2ccccc2NC(=O)c2ccc(Cl)cc21. The zero-order chi connectivity index (χ0) is 14.8. The van der Waals surface area contributed by atoms with Gasteiger partial charge >= 0.3 is 0 Å². The number of hydrogen-bond donors (Lipinski definition) is 2. The van der Waals surface area contributed by atoms with E-state index in [0.717, 1.165) is 30.0 Å². The van der Waals surface area contributed by atoms with Crippen molar-refractivity contribution in [1.29, 1.82) is 0 Å². The van der Waals surface area contributed by atoms with E-state index in [9.17, 15) is 4.79 Å². The highest BCUT2D eigenvalue weighted by Crippen LogP contribution is 2.38. The maximum atomic E-state index is 12.4. The fourth-order valence-corrected chi connectivity index (χ4v) is 2.71. The molecule has 1 aliphatic rings.